The zero-order valence-electron chi connectivity index (χ0n) is 24.7. The number of aryl methyl sites for hydroxylation is 2. The van der Waals surface area contributed by atoms with Gasteiger partial charge in [0.05, 0.1) is 5.92 Å². The number of imide groups is 1. The lowest BCUT2D eigenvalue weighted by Gasteiger charge is -2.36. The third-order valence-corrected chi connectivity index (χ3v) is 9.19. The van der Waals surface area contributed by atoms with Crippen molar-refractivity contribution in [3.05, 3.63) is 88.9 Å². The van der Waals surface area contributed by atoms with Gasteiger partial charge in [-0.3, -0.25) is 14.5 Å². The summed E-state index contributed by atoms with van der Waals surface area (Å²) in [6.07, 6.45) is 10.2. The molecule has 0 saturated heterocycles. The number of carbonyl (C=O) groups excluding carboxylic acids is 3. The monoisotopic (exact) mass is 585 g/mol. The fraction of sp³-hybridized carbons (Fsp3) is 0.412. The van der Waals surface area contributed by atoms with Crippen molar-refractivity contribution >= 4 is 29.6 Å². The van der Waals surface area contributed by atoms with Crippen molar-refractivity contribution in [2.24, 2.45) is 17.6 Å². The average molecular weight is 586 g/mol. The Kier molecular flexibility index (Phi) is 9.08. The fourth-order valence-corrected chi connectivity index (χ4v) is 6.88. The van der Waals surface area contributed by atoms with Crippen LogP contribution in [0, 0.1) is 23.1 Å². The van der Waals surface area contributed by atoms with E-state index in [0.717, 1.165) is 52.0 Å². The first kappa shape index (κ1) is 30.2. The van der Waals surface area contributed by atoms with Gasteiger partial charge in [-0.05, 0) is 96.7 Å². The van der Waals surface area contributed by atoms with Crippen molar-refractivity contribution in [1.82, 2.24) is 15.1 Å². The molecule has 8 nitrogen and oxygen atoms in total. The lowest BCUT2D eigenvalue weighted by atomic mass is 9.72. The van der Waals surface area contributed by atoms with Crippen LogP contribution < -0.4 is 11.1 Å². The molecule has 0 radical (unpaired) electrons. The summed E-state index contributed by atoms with van der Waals surface area (Å²) in [7, 11) is 1.77. The second-order valence-electron chi connectivity index (χ2n) is 11.9. The Morgan fingerprint density at radius 2 is 1.86 bits per heavy atom. The smallest absolute Gasteiger partial charge is 0.321 e. The quantitative estimate of drug-likeness (QED) is 0.286. The molecule has 0 aromatic heterocycles. The molecule has 1 fully saturated rings. The Morgan fingerprint density at radius 3 is 2.53 bits per heavy atom. The number of urea groups is 1. The molecule has 4 amide bonds. The van der Waals surface area contributed by atoms with Crippen molar-refractivity contribution in [3.63, 3.8) is 0 Å². The number of hydrogen-bond donors (Lipinski definition) is 3. The number of benzene rings is 2. The fourth-order valence-electron chi connectivity index (χ4n) is 6.88. The van der Waals surface area contributed by atoms with Gasteiger partial charge in [0, 0.05) is 37.6 Å². The lowest BCUT2D eigenvalue weighted by molar-refractivity contribution is -0.141. The van der Waals surface area contributed by atoms with Gasteiger partial charge in [0.1, 0.15) is 12.4 Å². The molecule has 43 heavy (non-hydrogen) atoms. The SMILES string of the molecule is C=CCC1CCc2cc(/C(C=N)=C/NC)ccc2[C@H]1C(=O)N(CC(=O)N1Cc2ccc(F)cc2CC[C@@H]1C1CC1)C(N)=O. The van der Waals surface area contributed by atoms with E-state index in [-0.39, 0.29) is 23.7 Å². The van der Waals surface area contributed by atoms with E-state index in [0.29, 0.717) is 43.7 Å². The third kappa shape index (κ3) is 6.40. The Balaban J connectivity index is 1.44. The lowest BCUT2D eigenvalue weighted by Crippen LogP contribution is -2.52. The summed E-state index contributed by atoms with van der Waals surface area (Å²) in [6.45, 7) is 3.75. The molecule has 3 aliphatic rings. The molecule has 5 rings (SSSR count). The summed E-state index contributed by atoms with van der Waals surface area (Å²) in [4.78, 5) is 43.7. The summed E-state index contributed by atoms with van der Waals surface area (Å²) in [5.74, 6) is -1.53. The Hall–Kier alpha value is -4.27. The van der Waals surface area contributed by atoms with Gasteiger partial charge in [0.15, 0.2) is 0 Å². The van der Waals surface area contributed by atoms with Crippen molar-refractivity contribution in [1.29, 1.82) is 5.41 Å². The predicted molar refractivity (Wildman–Crippen MR) is 165 cm³/mol. The number of nitrogens with zero attached hydrogens (tertiary/aromatic N) is 2. The summed E-state index contributed by atoms with van der Waals surface area (Å²) in [5, 5.41) is 10.7. The molecule has 2 aromatic rings. The minimum Gasteiger partial charge on any atom is -0.393 e. The highest BCUT2D eigenvalue weighted by Gasteiger charge is 2.42. The standard InChI is InChI=1S/C34H40FN5O3/c1-3-4-22-7-8-25-15-23(27(17-36)18-38-2)10-13-29(25)32(22)33(42)40(34(37)43)20-31(41)39-19-26-9-12-28(35)16-24(26)11-14-30(39)21-5-6-21/h3,9-10,12-13,15-18,21-22,30,32,36,38H,1,4-8,11,14,19-20H2,2H3,(H2,37,43)/b27-18+,36-17?/t22?,30-,32+/m1/s1. The van der Waals surface area contributed by atoms with E-state index in [4.69, 9.17) is 11.1 Å². The first-order valence-electron chi connectivity index (χ1n) is 15.0. The Bertz CT molecular complexity index is 1470. The van der Waals surface area contributed by atoms with E-state index in [1.165, 1.54) is 18.3 Å². The van der Waals surface area contributed by atoms with E-state index in [1.54, 1.807) is 30.3 Å². The number of nitrogens with one attached hydrogen (secondary N) is 2. The van der Waals surface area contributed by atoms with Gasteiger partial charge in [0.25, 0.3) is 0 Å². The van der Waals surface area contributed by atoms with Crippen molar-refractivity contribution in [2.45, 2.75) is 63.5 Å². The molecule has 1 aliphatic heterocycles. The summed E-state index contributed by atoms with van der Waals surface area (Å²) >= 11 is 0. The number of rotatable bonds is 9. The molecule has 9 heteroatoms. The van der Waals surface area contributed by atoms with Gasteiger partial charge >= 0.3 is 6.03 Å². The zero-order valence-corrected chi connectivity index (χ0v) is 24.7. The topological polar surface area (TPSA) is 120 Å². The van der Waals surface area contributed by atoms with E-state index < -0.39 is 24.4 Å². The molecular weight excluding hydrogens is 545 g/mol. The maximum Gasteiger partial charge on any atom is 0.321 e. The third-order valence-electron chi connectivity index (χ3n) is 9.19. The van der Waals surface area contributed by atoms with Crippen LogP contribution >= 0.6 is 0 Å². The summed E-state index contributed by atoms with van der Waals surface area (Å²) in [6, 6.07) is 9.43. The molecule has 4 N–H and O–H groups in total. The van der Waals surface area contributed by atoms with Crippen LogP contribution in [0.5, 0.6) is 0 Å². The maximum atomic E-state index is 14.2. The molecule has 1 heterocycles. The van der Waals surface area contributed by atoms with Crippen molar-refractivity contribution < 1.29 is 18.8 Å². The van der Waals surface area contributed by atoms with Gasteiger partial charge in [-0.25, -0.2) is 9.18 Å². The zero-order chi connectivity index (χ0) is 30.7. The number of hydrogen-bond acceptors (Lipinski definition) is 5. The highest BCUT2D eigenvalue weighted by molar-refractivity contribution is 6.08. The van der Waals surface area contributed by atoms with E-state index >= 15 is 0 Å². The minimum absolute atomic E-state index is 0.0381. The predicted octanol–water partition coefficient (Wildman–Crippen LogP) is 4.92. The van der Waals surface area contributed by atoms with E-state index in [2.05, 4.69) is 11.9 Å². The second kappa shape index (κ2) is 12.9. The highest BCUT2D eigenvalue weighted by Crippen LogP contribution is 2.42. The maximum absolute atomic E-state index is 14.2. The number of halogens is 1. The summed E-state index contributed by atoms with van der Waals surface area (Å²) in [5.41, 5.74) is 10.9. The summed E-state index contributed by atoms with van der Waals surface area (Å²) < 4.78 is 14.0. The van der Waals surface area contributed by atoms with Gasteiger partial charge in [-0.2, -0.15) is 0 Å². The highest BCUT2D eigenvalue weighted by atomic mass is 19.1. The van der Waals surface area contributed by atoms with Gasteiger partial charge < -0.3 is 21.4 Å². The molecule has 0 spiro atoms. The number of nitrogens with two attached hydrogens (primary N) is 1. The van der Waals surface area contributed by atoms with Crippen LogP contribution in [0.3, 0.4) is 0 Å². The van der Waals surface area contributed by atoms with Gasteiger partial charge in [-0.1, -0.05) is 30.3 Å². The molecule has 3 atom stereocenters. The number of fused-ring (bicyclic) bond motifs is 2. The van der Waals surface area contributed by atoms with Crippen LogP contribution in [-0.2, 0) is 29.0 Å². The van der Waals surface area contributed by atoms with Crippen LogP contribution in [0.4, 0.5) is 9.18 Å². The number of primary amides is 1. The first-order valence-corrected chi connectivity index (χ1v) is 15.0. The molecule has 2 aromatic carbocycles. The Labute approximate surface area is 252 Å². The van der Waals surface area contributed by atoms with Gasteiger partial charge in [0.2, 0.25) is 11.8 Å². The molecule has 0 bridgehead atoms. The van der Waals surface area contributed by atoms with Crippen LogP contribution in [0.1, 0.15) is 65.8 Å². The minimum atomic E-state index is -0.956. The first-order chi connectivity index (χ1) is 20.7. The largest absolute Gasteiger partial charge is 0.393 e. The molecular formula is C34H40FN5O3. The number of carbonyl (C=O) groups is 3. The Morgan fingerprint density at radius 1 is 1.09 bits per heavy atom. The van der Waals surface area contributed by atoms with Crippen LogP contribution in [0.25, 0.3) is 5.57 Å². The van der Waals surface area contributed by atoms with Crippen molar-refractivity contribution in [2.75, 3.05) is 13.6 Å². The van der Waals surface area contributed by atoms with E-state index in [9.17, 15) is 18.8 Å². The number of amides is 4. The molecule has 226 valence electrons. The van der Waals surface area contributed by atoms with E-state index in [1.807, 2.05) is 18.2 Å². The second-order valence-corrected chi connectivity index (χ2v) is 11.9. The number of allylic oxidation sites excluding steroid dienone is 2. The van der Waals surface area contributed by atoms with Crippen LogP contribution in [0.15, 0.2) is 55.3 Å². The van der Waals surface area contributed by atoms with Crippen LogP contribution in [-0.4, -0.2) is 53.5 Å². The van der Waals surface area contributed by atoms with Gasteiger partial charge in [-0.15, -0.1) is 6.58 Å². The van der Waals surface area contributed by atoms with Crippen LogP contribution in [0.2, 0.25) is 0 Å². The normalized spacial score (nSPS) is 21.6. The molecule has 1 unspecified atom stereocenters. The average Bonchev–Trinajstić information content (AvgIpc) is 3.85. The van der Waals surface area contributed by atoms with Crippen molar-refractivity contribution in [3.8, 4) is 0 Å². The molecule has 2 aliphatic carbocycles. The molecule has 1 saturated carbocycles.